The molecule has 0 radical (unpaired) electrons. The lowest BCUT2D eigenvalue weighted by Gasteiger charge is -2.37. The van der Waals surface area contributed by atoms with E-state index in [9.17, 15) is 4.79 Å². The lowest BCUT2D eigenvalue weighted by atomic mass is 10.0. The van der Waals surface area contributed by atoms with Crippen LogP contribution in [0.4, 0.5) is 5.69 Å². The van der Waals surface area contributed by atoms with Gasteiger partial charge in [0.25, 0.3) is 5.91 Å². The second kappa shape index (κ2) is 8.55. The van der Waals surface area contributed by atoms with Gasteiger partial charge in [-0.2, -0.15) is 0 Å². The molecule has 0 saturated carbocycles. The number of amides is 1. The van der Waals surface area contributed by atoms with Crippen LogP contribution in [-0.4, -0.2) is 47.8 Å². The number of halogens is 1. The molecule has 1 aliphatic rings. The number of ether oxygens (including phenoxy) is 1. The van der Waals surface area contributed by atoms with E-state index in [0.29, 0.717) is 18.8 Å². The summed E-state index contributed by atoms with van der Waals surface area (Å²) >= 11 is 6.38. The number of likely N-dealkylation sites (tertiary alicyclic amines) is 1. The number of hydrogen-bond donors (Lipinski definition) is 0. The molecule has 1 aromatic heterocycles. The van der Waals surface area contributed by atoms with Crippen molar-refractivity contribution in [1.82, 2.24) is 9.88 Å². The minimum atomic E-state index is -0.190. The van der Waals surface area contributed by atoms with Crippen molar-refractivity contribution in [2.75, 3.05) is 20.2 Å². The summed E-state index contributed by atoms with van der Waals surface area (Å²) < 4.78 is 5.21. The Balaban J connectivity index is 1.65. The summed E-state index contributed by atoms with van der Waals surface area (Å²) in [5.74, 6) is -0.190. The zero-order valence-electron chi connectivity index (χ0n) is 16.0. The molecular weight excluding hydrogens is 386 g/mol. The lowest BCUT2D eigenvalue weighted by molar-refractivity contribution is -0.0194. The molecule has 1 amide bonds. The number of benzene rings is 2. The molecule has 1 fully saturated rings. The topological polar surface area (TPSA) is 54.8 Å². The van der Waals surface area contributed by atoms with Crippen molar-refractivity contribution >= 4 is 28.9 Å². The van der Waals surface area contributed by atoms with Gasteiger partial charge in [-0.25, -0.2) is 9.98 Å². The van der Waals surface area contributed by atoms with Crippen LogP contribution in [0.1, 0.15) is 21.6 Å². The Hall–Kier alpha value is -3.02. The third-order valence-corrected chi connectivity index (χ3v) is 5.12. The number of carbonyl (C=O) groups is 1. The number of methoxy groups -OCH3 is 1. The summed E-state index contributed by atoms with van der Waals surface area (Å²) in [4.78, 5) is 23.3. The Morgan fingerprint density at radius 1 is 1.07 bits per heavy atom. The van der Waals surface area contributed by atoms with Gasteiger partial charge in [0.15, 0.2) is 0 Å². The summed E-state index contributed by atoms with van der Waals surface area (Å²) in [5.41, 5.74) is 3.62. The number of rotatable bonds is 5. The Kier molecular flexibility index (Phi) is 5.69. The second-order valence-corrected chi connectivity index (χ2v) is 7.19. The van der Waals surface area contributed by atoms with Crippen LogP contribution in [0.25, 0.3) is 0 Å². The van der Waals surface area contributed by atoms with E-state index in [1.807, 2.05) is 60.7 Å². The molecule has 0 atom stereocenters. The van der Waals surface area contributed by atoms with Crippen molar-refractivity contribution in [3.63, 3.8) is 0 Å². The smallest absolute Gasteiger partial charge is 0.274 e. The quantitative estimate of drug-likeness (QED) is 0.592. The Morgan fingerprint density at radius 2 is 1.66 bits per heavy atom. The van der Waals surface area contributed by atoms with Crippen molar-refractivity contribution in [1.29, 1.82) is 0 Å². The Morgan fingerprint density at radius 3 is 2.17 bits per heavy atom. The van der Waals surface area contributed by atoms with Gasteiger partial charge in [0, 0.05) is 31.3 Å². The third kappa shape index (κ3) is 4.21. The van der Waals surface area contributed by atoms with Crippen LogP contribution < -0.4 is 0 Å². The maximum absolute atomic E-state index is 12.6. The monoisotopic (exact) mass is 405 g/mol. The molecule has 0 aliphatic carbocycles. The van der Waals surface area contributed by atoms with Gasteiger partial charge in [0.05, 0.1) is 28.7 Å². The van der Waals surface area contributed by atoms with Gasteiger partial charge >= 0.3 is 0 Å². The maximum Gasteiger partial charge on any atom is 0.274 e. The molecule has 0 bridgehead atoms. The molecule has 5 nitrogen and oxygen atoms in total. The average Bonchev–Trinajstić information content (AvgIpc) is 2.72. The largest absolute Gasteiger partial charge is 0.378 e. The van der Waals surface area contributed by atoms with Crippen LogP contribution in [0.2, 0.25) is 5.02 Å². The van der Waals surface area contributed by atoms with E-state index in [2.05, 4.69) is 4.98 Å². The average molecular weight is 406 g/mol. The summed E-state index contributed by atoms with van der Waals surface area (Å²) in [6.45, 7) is 1.11. The van der Waals surface area contributed by atoms with Crippen LogP contribution in [0, 0.1) is 0 Å². The highest BCUT2D eigenvalue weighted by Crippen LogP contribution is 2.25. The SMILES string of the molecule is COC1CN(C(=O)c2ncc(N=C(c3ccccc3)c3ccccc3)cc2Cl)C1. The van der Waals surface area contributed by atoms with Crippen LogP contribution in [0.15, 0.2) is 77.9 Å². The number of pyridine rings is 1. The molecule has 1 aliphatic heterocycles. The van der Waals surface area contributed by atoms with Gasteiger partial charge in [-0.3, -0.25) is 4.79 Å². The van der Waals surface area contributed by atoms with E-state index < -0.39 is 0 Å². The summed E-state index contributed by atoms with van der Waals surface area (Å²) in [6, 6.07) is 21.5. The summed E-state index contributed by atoms with van der Waals surface area (Å²) in [7, 11) is 1.64. The molecule has 0 N–H and O–H groups in total. The fourth-order valence-corrected chi connectivity index (χ4v) is 3.41. The lowest BCUT2D eigenvalue weighted by Crippen LogP contribution is -2.54. The van der Waals surface area contributed by atoms with Crippen molar-refractivity contribution in [2.24, 2.45) is 4.99 Å². The zero-order chi connectivity index (χ0) is 20.2. The van der Waals surface area contributed by atoms with Crippen molar-refractivity contribution in [3.8, 4) is 0 Å². The summed E-state index contributed by atoms with van der Waals surface area (Å²) in [6.07, 6.45) is 1.67. The van der Waals surface area contributed by atoms with Crippen molar-refractivity contribution < 1.29 is 9.53 Å². The molecule has 0 unspecified atom stereocenters. The molecule has 2 aromatic carbocycles. The van der Waals surface area contributed by atoms with E-state index >= 15 is 0 Å². The molecular formula is C23H20ClN3O2. The molecule has 146 valence electrons. The highest BCUT2D eigenvalue weighted by molar-refractivity contribution is 6.33. The molecule has 1 saturated heterocycles. The fourth-order valence-electron chi connectivity index (χ4n) is 3.17. The van der Waals surface area contributed by atoms with E-state index in [1.54, 1.807) is 24.3 Å². The second-order valence-electron chi connectivity index (χ2n) is 6.78. The highest BCUT2D eigenvalue weighted by atomic mass is 35.5. The number of aliphatic imine (C=N–C) groups is 1. The molecule has 0 spiro atoms. The van der Waals surface area contributed by atoms with Gasteiger partial charge in [0.1, 0.15) is 5.69 Å². The normalized spacial score (nSPS) is 13.7. The number of nitrogens with zero attached hydrogens (tertiary/aromatic N) is 3. The van der Waals surface area contributed by atoms with E-state index in [-0.39, 0.29) is 22.7 Å². The van der Waals surface area contributed by atoms with E-state index in [4.69, 9.17) is 21.3 Å². The first kappa shape index (κ1) is 19.3. The molecule has 4 rings (SSSR count). The molecule has 6 heteroatoms. The standard InChI is InChI=1S/C23H20ClN3O2/c1-29-19-14-27(15-19)23(28)22-20(24)12-18(13-25-22)26-21(16-8-4-2-5-9-16)17-10-6-3-7-11-17/h2-13,19H,14-15H2,1H3. The van der Waals surface area contributed by atoms with Crippen molar-refractivity contribution in [2.45, 2.75) is 6.10 Å². The first-order valence-corrected chi connectivity index (χ1v) is 9.70. The Bertz CT molecular complexity index is 991. The number of aromatic nitrogens is 1. The fraction of sp³-hybridized carbons (Fsp3) is 0.174. The van der Waals surface area contributed by atoms with Crippen LogP contribution in [-0.2, 0) is 4.74 Å². The predicted octanol–water partition coefficient (Wildman–Crippen LogP) is 4.37. The van der Waals surface area contributed by atoms with Gasteiger partial charge in [-0.05, 0) is 6.07 Å². The number of hydrogen-bond acceptors (Lipinski definition) is 4. The van der Waals surface area contributed by atoms with Crippen LogP contribution >= 0.6 is 11.6 Å². The molecule has 3 aromatic rings. The first-order valence-electron chi connectivity index (χ1n) is 9.33. The molecule has 2 heterocycles. The van der Waals surface area contributed by atoms with E-state index in [0.717, 1.165) is 16.8 Å². The number of carbonyl (C=O) groups excluding carboxylic acids is 1. The van der Waals surface area contributed by atoms with Crippen LogP contribution in [0.3, 0.4) is 0 Å². The van der Waals surface area contributed by atoms with Gasteiger partial charge < -0.3 is 9.64 Å². The molecule has 29 heavy (non-hydrogen) atoms. The van der Waals surface area contributed by atoms with Crippen molar-refractivity contribution in [3.05, 3.63) is 94.8 Å². The first-order chi connectivity index (χ1) is 14.2. The Labute approximate surface area is 174 Å². The van der Waals surface area contributed by atoms with Crippen LogP contribution in [0.5, 0.6) is 0 Å². The van der Waals surface area contributed by atoms with Gasteiger partial charge in [0.2, 0.25) is 0 Å². The van der Waals surface area contributed by atoms with Gasteiger partial charge in [-0.1, -0.05) is 72.3 Å². The van der Waals surface area contributed by atoms with E-state index in [1.165, 1.54) is 0 Å². The minimum absolute atomic E-state index is 0.0842. The van der Waals surface area contributed by atoms with Gasteiger partial charge in [-0.15, -0.1) is 0 Å². The minimum Gasteiger partial charge on any atom is -0.378 e. The summed E-state index contributed by atoms with van der Waals surface area (Å²) in [5, 5.41) is 0.289. The predicted molar refractivity (Wildman–Crippen MR) is 114 cm³/mol. The zero-order valence-corrected chi connectivity index (χ0v) is 16.7. The highest BCUT2D eigenvalue weighted by Gasteiger charge is 2.32. The maximum atomic E-state index is 12.6. The third-order valence-electron chi connectivity index (χ3n) is 4.83.